The summed E-state index contributed by atoms with van der Waals surface area (Å²) in [5, 5.41) is 4.33. The van der Waals surface area contributed by atoms with E-state index < -0.39 is 0 Å². The van der Waals surface area contributed by atoms with Gasteiger partial charge in [-0.1, -0.05) is 24.3 Å². The molecule has 0 aliphatic carbocycles. The molecule has 2 unspecified atom stereocenters. The van der Waals surface area contributed by atoms with Crippen LogP contribution >= 0.6 is 11.8 Å². The summed E-state index contributed by atoms with van der Waals surface area (Å²) in [6.45, 7) is 1.76. The van der Waals surface area contributed by atoms with Gasteiger partial charge in [0, 0.05) is 24.4 Å². The zero-order chi connectivity index (χ0) is 10.7. The molecule has 15 heavy (non-hydrogen) atoms. The normalized spacial score (nSPS) is 25.7. The fourth-order valence-corrected chi connectivity index (χ4v) is 2.67. The first-order chi connectivity index (χ1) is 7.33. The van der Waals surface area contributed by atoms with E-state index in [2.05, 4.69) is 35.8 Å². The molecule has 1 aliphatic rings. The number of hydrogen-bond donors (Lipinski definition) is 2. The van der Waals surface area contributed by atoms with E-state index in [1.807, 2.05) is 11.8 Å². The monoisotopic (exact) mass is 222 g/mol. The molecule has 0 spiro atoms. The number of nitrogens with one attached hydrogen (secondary N) is 1. The van der Waals surface area contributed by atoms with Crippen molar-refractivity contribution in [3.05, 3.63) is 35.4 Å². The van der Waals surface area contributed by atoms with Gasteiger partial charge in [0.1, 0.15) is 0 Å². The van der Waals surface area contributed by atoms with Gasteiger partial charge in [-0.2, -0.15) is 11.8 Å². The zero-order valence-electron chi connectivity index (χ0n) is 9.07. The second kappa shape index (κ2) is 5.01. The lowest BCUT2D eigenvalue weighted by atomic mass is 10.0. The number of nitrogens with two attached hydrogens (primary N) is 1. The zero-order valence-corrected chi connectivity index (χ0v) is 9.89. The Morgan fingerprint density at radius 2 is 2.13 bits per heavy atom. The summed E-state index contributed by atoms with van der Waals surface area (Å²) >= 11 is 1.96. The standard InChI is InChI=1S/C12H18N2S/c1-15-11-6-12(14-8-11)10-4-2-9(7-13)3-5-10/h2-5,11-12,14H,6-8,13H2,1H3. The van der Waals surface area contributed by atoms with E-state index in [-0.39, 0.29) is 0 Å². The van der Waals surface area contributed by atoms with Crippen LogP contribution < -0.4 is 11.1 Å². The molecule has 2 rings (SSSR count). The largest absolute Gasteiger partial charge is 0.326 e. The average Bonchev–Trinajstić information content (AvgIpc) is 2.78. The molecule has 2 atom stereocenters. The van der Waals surface area contributed by atoms with Gasteiger partial charge in [0.2, 0.25) is 0 Å². The number of rotatable bonds is 3. The predicted molar refractivity (Wildman–Crippen MR) is 67.0 cm³/mol. The van der Waals surface area contributed by atoms with Crippen LogP contribution in [0.15, 0.2) is 24.3 Å². The Morgan fingerprint density at radius 3 is 2.67 bits per heavy atom. The molecular formula is C12H18N2S. The lowest BCUT2D eigenvalue weighted by Gasteiger charge is -2.11. The van der Waals surface area contributed by atoms with Crippen LogP contribution in [0.3, 0.4) is 0 Å². The van der Waals surface area contributed by atoms with Gasteiger partial charge in [-0.25, -0.2) is 0 Å². The molecule has 0 radical (unpaired) electrons. The lowest BCUT2D eigenvalue weighted by molar-refractivity contribution is 0.648. The number of thioether (sulfide) groups is 1. The quantitative estimate of drug-likeness (QED) is 0.820. The van der Waals surface area contributed by atoms with Crippen LogP contribution in [0.2, 0.25) is 0 Å². The summed E-state index contributed by atoms with van der Waals surface area (Å²) in [6.07, 6.45) is 3.43. The van der Waals surface area contributed by atoms with E-state index in [1.54, 1.807) is 0 Å². The highest BCUT2D eigenvalue weighted by molar-refractivity contribution is 7.99. The average molecular weight is 222 g/mol. The molecule has 1 aromatic rings. The topological polar surface area (TPSA) is 38.0 Å². The van der Waals surface area contributed by atoms with Crippen molar-refractivity contribution in [3.8, 4) is 0 Å². The minimum Gasteiger partial charge on any atom is -0.326 e. The van der Waals surface area contributed by atoms with Gasteiger partial charge in [0.25, 0.3) is 0 Å². The molecule has 1 heterocycles. The first-order valence-electron chi connectivity index (χ1n) is 5.38. The van der Waals surface area contributed by atoms with Crippen LogP contribution in [0.25, 0.3) is 0 Å². The lowest BCUT2D eigenvalue weighted by Crippen LogP contribution is -2.14. The molecule has 0 saturated carbocycles. The number of benzene rings is 1. The van der Waals surface area contributed by atoms with Crippen LogP contribution in [0.4, 0.5) is 0 Å². The molecule has 3 N–H and O–H groups in total. The Morgan fingerprint density at radius 1 is 1.40 bits per heavy atom. The Balaban J connectivity index is 2.04. The van der Waals surface area contributed by atoms with Crippen LogP contribution in [-0.4, -0.2) is 18.1 Å². The first-order valence-corrected chi connectivity index (χ1v) is 6.67. The van der Waals surface area contributed by atoms with Crippen LogP contribution in [-0.2, 0) is 6.54 Å². The predicted octanol–water partition coefficient (Wildman–Crippen LogP) is 1.91. The fourth-order valence-electron chi connectivity index (χ4n) is 2.02. The van der Waals surface area contributed by atoms with Crippen molar-refractivity contribution < 1.29 is 0 Å². The van der Waals surface area contributed by atoms with Crippen molar-refractivity contribution in [1.82, 2.24) is 5.32 Å². The molecular weight excluding hydrogens is 204 g/mol. The Kier molecular flexibility index (Phi) is 3.67. The van der Waals surface area contributed by atoms with E-state index in [1.165, 1.54) is 17.5 Å². The minimum atomic E-state index is 0.536. The van der Waals surface area contributed by atoms with Gasteiger partial charge in [-0.05, 0) is 23.8 Å². The third-order valence-corrected chi connectivity index (χ3v) is 4.07. The maximum absolute atomic E-state index is 5.58. The van der Waals surface area contributed by atoms with Gasteiger partial charge in [0.05, 0.1) is 0 Å². The highest BCUT2D eigenvalue weighted by atomic mass is 32.2. The minimum absolute atomic E-state index is 0.536. The number of hydrogen-bond acceptors (Lipinski definition) is 3. The van der Waals surface area contributed by atoms with Gasteiger partial charge in [-0.3, -0.25) is 0 Å². The molecule has 3 heteroatoms. The molecule has 1 aromatic carbocycles. The maximum Gasteiger partial charge on any atom is 0.0331 e. The maximum atomic E-state index is 5.58. The third kappa shape index (κ3) is 2.54. The Hall–Kier alpha value is -0.510. The molecule has 0 amide bonds. The molecule has 82 valence electrons. The summed E-state index contributed by atoms with van der Waals surface area (Å²) < 4.78 is 0. The smallest absolute Gasteiger partial charge is 0.0331 e. The van der Waals surface area contributed by atoms with E-state index in [0.29, 0.717) is 12.6 Å². The van der Waals surface area contributed by atoms with E-state index >= 15 is 0 Å². The summed E-state index contributed by atoms with van der Waals surface area (Å²) in [7, 11) is 0. The Labute approximate surface area is 95.6 Å². The van der Waals surface area contributed by atoms with Gasteiger partial charge in [0.15, 0.2) is 0 Å². The molecule has 2 nitrogen and oxygen atoms in total. The van der Waals surface area contributed by atoms with Crippen LogP contribution in [0.5, 0.6) is 0 Å². The highest BCUT2D eigenvalue weighted by Crippen LogP contribution is 2.28. The van der Waals surface area contributed by atoms with Crippen molar-refractivity contribution in [2.75, 3.05) is 12.8 Å². The van der Waals surface area contributed by atoms with E-state index in [4.69, 9.17) is 5.73 Å². The van der Waals surface area contributed by atoms with Crippen molar-refractivity contribution >= 4 is 11.8 Å². The van der Waals surface area contributed by atoms with Crippen LogP contribution in [0.1, 0.15) is 23.6 Å². The molecule has 0 aromatic heterocycles. The molecule has 1 saturated heterocycles. The summed E-state index contributed by atoms with van der Waals surface area (Å²) in [5.74, 6) is 0. The van der Waals surface area contributed by atoms with E-state index in [9.17, 15) is 0 Å². The molecule has 0 bridgehead atoms. The second-order valence-corrected chi connectivity index (χ2v) is 5.14. The molecule has 1 fully saturated rings. The SMILES string of the molecule is CSC1CNC(c2ccc(CN)cc2)C1. The highest BCUT2D eigenvalue weighted by Gasteiger charge is 2.24. The van der Waals surface area contributed by atoms with Gasteiger partial charge in [-0.15, -0.1) is 0 Å². The van der Waals surface area contributed by atoms with Crippen molar-refractivity contribution in [3.63, 3.8) is 0 Å². The van der Waals surface area contributed by atoms with Gasteiger partial charge < -0.3 is 11.1 Å². The Bertz CT molecular complexity index is 310. The van der Waals surface area contributed by atoms with Gasteiger partial charge >= 0.3 is 0 Å². The van der Waals surface area contributed by atoms with Crippen molar-refractivity contribution in [2.24, 2.45) is 5.73 Å². The molecule has 1 aliphatic heterocycles. The van der Waals surface area contributed by atoms with Crippen molar-refractivity contribution in [2.45, 2.75) is 24.3 Å². The summed E-state index contributed by atoms with van der Waals surface area (Å²) in [6, 6.07) is 9.19. The second-order valence-electron chi connectivity index (χ2n) is 4.00. The first kappa shape index (κ1) is 11.0. The van der Waals surface area contributed by atoms with E-state index in [0.717, 1.165) is 11.8 Å². The van der Waals surface area contributed by atoms with Crippen molar-refractivity contribution in [1.29, 1.82) is 0 Å². The summed E-state index contributed by atoms with van der Waals surface area (Å²) in [5.41, 5.74) is 8.18. The fraction of sp³-hybridized carbons (Fsp3) is 0.500. The van der Waals surface area contributed by atoms with Crippen LogP contribution in [0, 0.1) is 0 Å². The third-order valence-electron chi connectivity index (χ3n) is 3.04. The summed E-state index contributed by atoms with van der Waals surface area (Å²) in [4.78, 5) is 0.